The van der Waals surface area contributed by atoms with Gasteiger partial charge in [-0.3, -0.25) is 4.79 Å². The molecule has 4 saturated carbocycles. The molecule has 2 N–H and O–H groups in total. The van der Waals surface area contributed by atoms with E-state index in [0.29, 0.717) is 29.6 Å². The molecule has 10 atom stereocenters. The number of hydrogen-bond donors (Lipinski definition) is 2. The summed E-state index contributed by atoms with van der Waals surface area (Å²) in [6.07, 6.45) is 6.52. The fourth-order valence-corrected chi connectivity index (χ4v) is 7.87. The topological polar surface area (TPSA) is 66.8 Å². The van der Waals surface area contributed by atoms with Crippen LogP contribution < -0.4 is 0 Å². The Balaban J connectivity index is 1.59. The maximum absolute atomic E-state index is 11.4. The van der Waals surface area contributed by atoms with E-state index < -0.39 is 0 Å². The molecular weight excluding hydrogens is 328 g/mol. The van der Waals surface area contributed by atoms with Crippen LogP contribution in [-0.2, 0) is 9.53 Å². The van der Waals surface area contributed by atoms with Gasteiger partial charge in [-0.25, -0.2) is 0 Å². The summed E-state index contributed by atoms with van der Waals surface area (Å²) in [5.74, 6) is 1.87. The summed E-state index contributed by atoms with van der Waals surface area (Å²) in [4.78, 5) is 11.4. The summed E-state index contributed by atoms with van der Waals surface area (Å²) in [5.41, 5.74) is 0.207. The van der Waals surface area contributed by atoms with Crippen molar-refractivity contribution in [3.63, 3.8) is 0 Å². The number of ether oxygens (including phenoxy) is 1. The van der Waals surface area contributed by atoms with Crippen molar-refractivity contribution < 1.29 is 19.7 Å². The van der Waals surface area contributed by atoms with E-state index in [-0.39, 0.29) is 35.1 Å². The highest BCUT2D eigenvalue weighted by Crippen LogP contribution is 2.67. The SMILES string of the molecule is CC(=O)O[C@H]1CC[C@]2(C)C3CC[C@@]4(C)C(C[C@@H](C)[C@@H]4O)C3C(O)C[C@@H]2C1. The molecule has 0 saturated heterocycles. The van der Waals surface area contributed by atoms with Gasteiger partial charge in [0.15, 0.2) is 0 Å². The Kier molecular flexibility index (Phi) is 4.47. The van der Waals surface area contributed by atoms with Gasteiger partial charge in [0.1, 0.15) is 6.10 Å². The van der Waals surface area contributed by atoms with Crippen molar-refractivity contribution >= 4 is 5.97 Å². The third-order valence-electron chi connectivity index (χ3n) is 9.25. The highest BCUT2D eigenvalue weighted by Gasteiger charge is 2.63. The molecule has 148 valence electrons. The highest BCUT2D eigenvalue weighted by molar-refractivity contribution is 5.66. The highest BCUT2D eigenvalue weighted by atomic mass is 16.5. The number of esters is 1. The van der Waals surface area contributed by atoms with Gasteiger partial charge in [-0.2, -0.15) is 0 Å². The van der Waals surface area contributed by atoms with Crippen LogP contribution in [0.15, 0.2) is 0 Å². The fourth-order valence-electron chi connectivity index (χ4n) is 7.87. The van der Waals surface area contributed by atoms with Gasteiger partial charge in [0.25, 0.3) is 0 Å². The van der Waals surface area contributed by atoms with Crippen LogP contribution in [0.4, 0.5) is 0 Å². The largest absolute Gasteiger partial charge is 0.463 e. The molecule has 0 aromatic heterocycles. The van der Waals surface area contributed by atoms with Crippen LogP contribution in [0, 0.1) is 40.4 Å². The summed E-state index contributed by atoms with van der Waals surface area (Å²) in [6.45, 7) is 8.37. The van der Waals surface area contributed by atoms with Crippen molar-refractivity contribution in [3.8, 4) is 0 Å². The summed E-state index contributed by atoms with van der Waals surface area (Å²) < 4.78 is 5.52. The molecule has 0 spiro atoms. The molecule has 4 unspecified atom stereocenters. The molecule has 0 radical (unpaired) electrons. The van der Waals surface area contributed by atoms with Crippen molar-refractivity contribution in [1.29, 1.82) is 0 Å². The van der Waals surface area contributed by atoms with Crippen molar-refractivity contribution in [3.05, 3.63) is 0 Å². The number of rotatable bonds is 1. The Bertz CT molecular complexity index is 576. The summed E-state index contributed by atoms with van der Waals surface area (Å²) >= 11 is 0. The molecule has 0 bridgehead atoms. The number of carbonyl (C=O) groups is 1. The quantitative estimate of drug-likeness (QED) is 0.699. The minimum atomic E-state index is -0.281. The molecule has 4 nitrogen and oxygen atoms in total. The van der Waals surface area contributed by atoms with Gasteiger partial charge in [0.2, 0.25) is 0 Å². The zero-order chi connectivity index (χ0) is 18.9. The number of carbonyl (C=O) groups excluding carboxylic acids is 1. The van der Waals surface area contributed by atoms with Crippen LogP contribution in [0.25, 0.3) is 0 Å². The van der Waals surface area contributed by atoms with Gasteiger partial charge in [-0.1, -0.05) is 20.8 Å². The average molecular weight is 365 g/mol. The van der Waals surface area contributed by atoms with Crippen LogP contribution in [0.2, 0.25) is 0 Å². The van der Waals surface area contributed by atoms with Gasteiger partial charge in [0, 0.05) is 6.92 Å². The van der Waals surface area contributed by atoms with Crippen LogP contribution >= 0.6 is 0 Å². The zero-order valence-corrected chi connectivity index (χ0v) is 16.8. The lowest BCUT2D eigenvalue weighted by Crippen LogP contribution is -2.59. The first-order chi connectivity index (χ1) is 12.2. The van der Waals surface area contributed by atoms with Crippen molar-refractivity contribution in [2.75, 3.05) is 0 Å². The van der Waals surface area contributed by atoms with E-state index >= 15 is 0 Å². The van der Waals surface area contributed by atoms with E-state index in [9.17, 15) is 15.0 Å². The molecule has 0 aromatic rings. The second-order valence-electron chi connectivity index (χ2n) is 10.5. The first-order valence-corrected chi connectivity index (χ1v) is 10.7. The molecule has 0 heterocycles. The molecule has 4 fully saturated rings. The molecule has 26 heavy (non-hydrogen) atoms. The van der Waals surface area contributed by atoms with E-state index in [0.717, 1.165) is 44.9 Å². The van der Waals surface area contributed by atoms with E-state index in [1.165, 1.54) is 6.92 Å². The lowest BCUT2D eigenvalue weighted by molar-refractivity contribution is -0.184. The Labute approximate surface area is 157 Å². The van der Waals surface area contributed by atoms with E-state index in [1.807, 2.05) is 0 Å². The van der Waals surface area contributed by atoms with E-state index in [1.54, 1.807) is 0 Å². The standard InChI is InChI=1S/C22H36O4/c1-12-9-17-19-16(6-8-22(17,4)20(12)25)21(3)7-5-15(26-13(2)23)10-14(21)11-18(19)24/h12,14-20,24-25H,5-11H2,1-4H3/t12-,14+,15+,16?,17?,18?,19?,20+,21+,22+/m1/s1. The van der Waals surface area contributed by atoms with Crippen molar-refractivity contribution in [2.45, 2.75) is 91.0 Å². The summed E-state index contributed by atoms with van der Waals surface area (Å²) in [6, 6.07) is 0. The van der Waals surface area contributed by atoms with Crippen LogP contribution in [0.3, 0.4) is 0 Å². The molecule has 4 aliphatic rings. The predicted molar refractivity (Wildman–Crippen MR) is 99.2 cm³/mol. The number of aliphatic hydroxyl groups is 2. The third-order valence-corrected chi connectivity index (χ3v) is 9.25. The van der Waals surface area contributed by atoms with Crippen molar-refractivity contribution in [2.24, 2.45) is 40.4 Å². The Morgan fingerprint density at radius 1 is 1.00 bits per heavy atom. The van der Waals surface area contributed by atoms with Gasteiger partial charge in [-0.15, -0.1) is 0 Å². The second-order valence-corrected chi connectivity index (χ2v) is 10.5. The maximum atomic E-state index is 11.4. The molecule has 0 amide bonds. The molecule has 0 aliphatic heterocycles. The lowest BCUT2D eigenvalue weighted by Gasteiger charge is -2.62. The first kappa shape index (κ1) is 18.7. The van der Waals surface area contributed by atoms with Gasteiger partial charge in [0.05, 0.1) is 12.2 Å². The number of hydrogen-bond acceptors (Lipinski definition) is 4. The summed E-state index contributed by atoms with van der Waals surface area (Å²) in [5, 5.41) is 22.0. The molecular formula is C22H36O4. The van der Waals surface area contributed by atoms with E-state index in [2.05, 4.69) is 20.8 Å². The smallest absolute Gasteiger partial charge is 0.302 e. The van der Waals surface area contributed by atoms with E-state index in [4.69, 9.17) is 4.74 Å². The number of fused-ring (bicyclic) bond motifs is 5. The maximum Gasteiger partial charge on any atom is 0.302 e. The van der Waals surface area contributed by atoms with Crippen LogP contribution in [-0.4, -0.2) is 34.5 Å². The minimum absolute atomic E-state index is 0.0245. The minimum Gasteiger partial charge on any atom is -0.463 e. The molecule has 4 heteroatoms. The molecule has 4 aliphatic carbocycles. The van der Waals surface area contributed by atoms with Crippen molar-refractivity contribution in [1.82, 2.24) is 0 Å². The normalized spacial score (nSPS) is 56.2. The van der Waals surface area contributed by atoms with Gasteiger partial charge in [-0.05, 0) is 85.4 Å². The van der Waals surface area contributed by atoms with Crippen LogP contribution in [0.1, 0.15) is 72.6 Å². The molecule has 0 aromatic carbocycles. The monoisotopic (exact) mass is 364 g/mol. The van der Waals surface area contributed by atoms with Gasteiger partial charge < -0.3 is 14.9 Å². The number of aliphatic hydroxyl groups excluding tert-OH is 2. The Hall–Kier alpha value is -0.610. The lowest BCUT2D eigenvalue weighted by atomic mass is 9.44. The van der Waals surface area contributed by atoms with Gasteiger partial charge >= 0.3 is 5.97 Å². The van der Waals surface area contributed by atoms with Crippen LogP contribution in [0.5, 0.6) is 0 Å². The average Bonchev–Trinajstić information content (AvgIpc) is 2.79. The predicted octanol–water partition coefficient (Wildman–Crippen LogP) is 3.54. The fraction of sp³-hybridized carbons (Fsp3) is 0.955. The molecule has 4 rings (SSSR count). The zero-order valence-electron chi connectivity index (χ0n) is 16.8. The first-order valence-electron chi connectivity index (χ1n) is 10.7. The second kappa shape index (κ2) is 6.20. The Morgan fingerprint density at radius 3 is 2.38 bits per heavy atom. The Morgan fingerprint density at radius 2 is 1.69 bits per heavy atom. The summed E-state index contributed by atoms with van der Waals surface area (Å²) in [7, 11) is 0. The third kappa shape index (κ3) is 2.58.